The molecule has 4 heteroatoms. The summed E-state index contributed by atoms with van der Waals surface area (Å²) in [5.74, 6) is 0. The van der Waals surface area contributed by atoms with Gasteiger partial charge < -0.3 is 5.32 Å². The topological polar surface area (TPSA) is 24.9 Å². The van der Waals surface area contributed by atoms with Crippen molar-refractivity contribution in [1.82, 2.24) is 10.3 Å². The number of aryl methyl sites for hydroxylation is 1. The number of halogens is 2. The quantitative estimate of drug-likeness (QED) is 0.904. The molecule has 1 unspecified atom stereocenters. The molecule has 0 spiro atoms. The van der Waals surface area contributed by atoms with Crippen LogP contribution < -0.4 is 5.32 Å². The summed E-state index contributed by atoms with van der Waals surface area (Å²) in [6, 6.07) is 9.94. The summed E-state index contributed by atoms with van der Waals surface area (Å²) in [4.78, 5) is 4.39. The average molecular weight is 295 g/mol. The van der Waals surface area contributed by atoms with E-state index in [1.165, 1.54) is 11.1 Å². The number of hydrogen-bond donors (Lipinski definition) is 1. The number of hydrogen-bond acceptors (Lipinski definition) is 2. The van der Waals surface area contributed by atoms with Crippen molar-refractivity contribution in [3.63, 3.8) is 0 Å². The van der Waals surface area contributed by atoms with Crippen LogP contribution in [0.1, 0.15) is 29.8 Å². The first-order chi connectivity index (χ1) is 9.13. The number of benzene rings is 1. The number of pyridine rings is 1. The molecule has 0 saturated heterocycles. The van der Waals surface area contributed by atoms with Crippen molar-refractivity contribution in [3.8, 4) is 0 Å². The van der Waals surface area contributed by atoms with Gasteiger partial charge in [0, 0.05) is 6.20 Å². The molecule has 0 aliphatic carbocycles. The molecular formula is C15H16Cl2N2. The van der Waals surface area contributed by atoms with Gasteiger partial charge in [-0.15, -0.1) is 0 Å². The zero-order chi connectivity index (χ0) is 13.8. The van der Waals surface area contributed by atoms with Gasteiger partial charge >= 0.3 is 0 Å². The Morgan fingerprint density at radius 1 is 1.26 bits per heavy atom. The maximum atomic E-state index is 6.28. The molecule has 0 fully saturated rings. The molecule has 1 atom stereocenters. The van der Waals surface area contributed by atoms with Crippen molar-refractivity contribution >= 4 is 23.2 Å². The Hall–Kier alpha value is -1.09. The van der Waals surface area contributed by atoms with Crippen LogP contribution in [0.4, 0.5) is 0 Å². The second-order valence-corrected chi connectivity index (χ2v) is 5.21. The Morgan fingerprint density at radius 3 is 2.63 bits per heavy atom. The van der Waals surface area contributed by atoms with E-state index in [9.17, 15) is 0 Å². The fourth-order valence-corrected chi connectivity index (χ4v) is 2.60. The average Bonchev–Trinajstić information content (AvgIpc) is 2.38. The smallest absolute Gasteiger partial charge is 0.0805 e. The monoisotopic (exact) mass is 294 g/mol. The van der Waals surface area contributed by atoms with Crippen molar-refractivity contribution < 1.29 is 0 Å². The fraction of sp³-hybridized carbons (Fsp3) is 0.267. The lowest BCUT2D eigenvalue weighted by molar-refractivity contribution is 0.613. The largest absolute Gasteiger partial charge is 0.305 e. The molecule has 0 bridgehead atoms. The Morgan fingerprint density at radius 2 is 2.00 bits per heavy atom. The minimum absolute atomic E-state index is 0.0176. The molecule has 0 radical (unpaired) electrons. The summed E-state index contributed by atoms with van der Waals surface area (Å²) in [6.07, 6.45) is 1.63. The van der Waals surface area contributed by atoms with E-state index >= 15 is 0 Å². The second-order valence-electron chi connectivity index (χ2n) is 4.37. The van der Waals surface area contributed by atoms with E-state index in [0.717, 1.165) is 12.2 Å². The van der Waals surface area contributed by atoms with E-state index in [1.54, 1.807) is 12.3 Å². The van der Waals surface area contributed by atoms with E-state index in [-0.39, 0.29) is 6.04 Å². The molecule has 0 amide bonds. The summed E-state index contributed by atoms with van der Waals surface area (Å²) in [5.41, 5.74) is 3.20. The van der Waals surface area contributed by atoms with Gasteiger partial charge in [-0.3, -0.25) is 4.98 Å². The SMILES string of the molecule is CCNC(c1ccccc1C)c1ncc(Cl)cc1Cl. The minimum atomic E-state index is -0.0176. The molecule has 0 aliphatic heterocycles. The molecule has 1 aromatic heterocycles. The van der Waals surface area contributed by atoms with Gasteiger partial charge in [0.05, 0.1) is 21.8 Å². The van der Waals surface area contributed by atoms with E-state index in [0.29, 0.717) is 10.0 Å². The number of nitrogens with zero attached hydrogens (tertiary/aromatic N) is 1. The van der Waals surface area contributed by atoms with E-state index in [4.69, 9.17) is 23.2 Å². The highest BCUT2D eigenvalue weighted by Gasteiger charge is 2.19. The molecule has 1 aromatic carbocycles. The highest BCUT2D eigenvalue weighted by Crippen LogP contribution is 2.29. The van der Waals surface area contributed by atoms with Gasteiger partial charge in [-0.2, -0.15) is 0 Å². The van der Waals surface area contributed by atoms with Gasteiger partial charge in [-0.25, -0.2) is 0 Å². The molecule has 0 saturated carbocycles. The normalized spacial score (nSPS) is 12.4. The summed E-state index contributed by atoms with van der Waals surface area (Å²) in [5, 5.41) is 4.56. The van der Waals surface area contributed by atoms with Gasteiger partial charge in [0.25, 0.3) is 0 Å². The van der Waals surface area contributed by atoms with E-state index < -0.39 is 0 Å². The zero-order valence-corrected chi connectivity index (χ0v) is 12.5. The number of rotatable bonds is 4. The van der Waals surface area contributed by atoms with Gasteiger partial charge in [0.2, 0.25) is 0 Å². The third kappa shape index (κ3) is 3.27. The zero-order valence-electron chi connectivity index (χ0n) is 11.0. The third-order valence-corrected chi connectivity index (χ3v) is 3.53. The van der Waals surface area contributed by atoms with Crippen LogP contribution in [-0.4, -0.2) is 11.5 Å². The Balaban J connectivity index is 2.48. The maximum absolute atomic E-state index is 6.28. The maximum Gasteiger partial charge on any atom is 0.0805 e. The van der Waals surface area contributed by atoms with Crippen LogP contribution in [0.2, 0.25) is 10.0 Å². The van der Waals surface area contributed by atoms with E-state index in [1.807, 2.05) is 12.1 Å². The van der Waals surface area contributed by atoms with Crippen molar-refractivity contribution in [2.45, 2.75) is 19.9 Å². The first-order valence-corrected chi connectivity index (χ1v) is 6.99. The molecule has 19 heavy (non-hydrogen) atoms. The van der Waals surface area contributed by atoms with Gasteiger partial charge in [0.1, 0.15) is 0 Å². The lowest BCUT2D eigenvalue weighted by atomic mass is 9.98. The molecular weight excluding hydrogens is 279 g/mol. The van der Waals surface area contributed by atoms with Crippen LogP contribution in [0.5, 0.6) is 0 Å². The standard InChI is InChI=1S/C15H16Cl2N2/c1-3-18-14(12-7-5-4-6-10(12)2)15-13(17)8-11(16)9-19-15/h4-9,14,18H,3H2,1-2H3. The van der Waals surface area contributed by atoms with Crippen molar-refractivity contribution in [2.24, 2.45) is 0 Å². The summed E-state index contributed by atoms with van der Waals surface area (Å²) in [6.45, 7) is 4.98. The van der Waals surface area contributed by atoms with E-state index in [2.05, 4.69) is 36.3 Å². The lowest BCUT2D eigenvalue weighted by Crippen LogP contribution is -2.24. The third-order valence-electron chi connectivity index (χ3n) is 3.02. The predicted octanol–water partition coefficient (Wildman–Crippen LogP) is 4.40. The Bertz CT molecular complexity index is 570. The Labute approximate surface area is 123 Å². The van der Waals surface area contributed by atoms with Crippen LogP contribution >= 0.6 is 23.2 Å². The molecule has 100 valence electrons. The second kappa shape index (κ2) is 6.38. The minimum Gasteiger partial charge on any atom is -0.305 e. The molecule has 1 heterocycles. The highest BCUT2D eigenvalue weighted by atomic mass is 35.5. The summed E-state index contributed by atoms with van der Waals surface area (Å²) < 4.78 is 0. The summed E-state index contributed by atoms with van der Waals surface area (Å²) >= 11 is 12.2. The predicted molar refractivity (Wildman–Crippen MR) is 81.0 cm³/mol. The molecule has 2 aromatic rings. The first kappa shape index (κ1) is 14.3. The number of nitrogens with one attached hydrogen (secondary N) is 1. The summed E-state index contributed by atoms with van der Waals surface area (Å²) in [7, 11) is 0. The van der Waals surface area contributed by atoms with Crippen LogP contribution in [0.15, 0.2) is 36.5 Å². The Kier molecular flexibility index (Phi) is 4.81. The molecule has 2 nitrogen and oxygen atoms in total. The lowest BCUT2D eigenvalue weighted by Gasteiger charge is -2.21. The fourth-order valence-electron chi connectivity index (χ4n) is 2.11. The van der Waals surface area contributed by atoms with Crippen molar-refractivity contribution in [2.75, 3.05) is 6.54 Å². The highest BCUT2D eigenvalue weighted by molar-refractivity contribution is 6.34. The van der Waals surface area contributed by atoms with Crippen LogP contribution in [-0.2, 0) is 0 Å². The first-order valence-electron chi connectivity index (χ1n) is 6.23. The van der Waals surface area contributed by atoms with Crippen LogP contribution in [0.3, 0.4) is 0 Å². The van der Waals surface area contributed by atoms with Gasteiger partial charge in [-0.05, 0) is 30.7 Å². The number of aromatic nitrogens is 1. The van der Waals surface area contributed by atoms with Crippen molar-refractivity contribution in [3.05, 3.63) is 63.4 Å². The van der Waals surface area contributed by atoms with Crippen LogP contribution in [0.25, 0.3) is 0 Å². The van der Waals surface area contributed by atoms with Gasteiger partial charge in [0.15, 0.2) is 0 Å². The molecule has 2 rings (SSSR count). The molecule has 0 aliphatic rings. The van der Waals surface area contributed by atoms with Gasteiger partial charge in [-0.1, -0.05) is 54.4 Å². The molecule has 1 N–H and O–H groups in total. The van der Waals surface area contributed by atoms with Crippen LogP contribution in [0, 0.1) is 6.92 Å². The van der Waals surface area contributed by atoms with Crippen molar-refractivity contribution in [1.29, 1.82) is 0 Å².